The lowest BCUT2D eigenvalue weighted by molar-refractivity contribution is 0.0778. The lowest BCUT2D eigenvalue weighted by Gasteiger charge is -2.20. The van der Waals surface area contributed by atoms with E-state index >= 15 is 0 Å². The van der Waals surface area contributed by atoms with E-state index < -0.39 is 0 Å². The third-order valence-corrected chi connectivity index (χ3v) is 3.70. The van der Waals surface area contributed by atoms with E-state index in [4.69, 9.17) is 5.73 Å². The van der Waals surface area contributed by atoms with Crippen molar-refractivity contribution in [2.24, 2.45) is 11.1 Å². The minimum absolute atomic E-state index is 0.0839. The number of nitrogens with two attached hydrogens (primary N) is 1. The predicted molar refractivity (Wildman–Crippen MR) is 81.4 cm³/mol. The molecule has 0 bridgehead atoms. The van der Waals surface area contributed by atoms with Gasteiger partial charge in [-0.2, -0.15) is 0 Å². The summed E-state index contributed by atoms with van der Waals surface area (Å²) in [6.45, 7) is 8.33. The van der Waals surface area contributed by atoms with Crippen molar-refractivity contribution in [3.63, 3.8) is 0 Å². The Balaban J connectivity index is 2.31. The first-order valence-corrected chi connectivity index (χ1v) is 7.02. The summed E-state index contributed by atoms with van der Waals surface area (Å²) >= 11 is 0. The summed E-state index contributed by atoms with van der Waals surface area (Å²) in [5, 5.41) is 0. The molecule has 3 nitrogen and oxygen atoms in total. The monoisotopic (exact) mass is 270 g/mol. The number of hydrogen-bond donors (Lipinski definition) is 1. The third kappa shape index (κ3) is 3.20. The molecular weight excluding hydrogens is 248 g/mol. The molecule has 3 heteroatoms. The van der Waals surface area contributed by atoms with Crippen LogP contribution in [0.5, 0.6) is 0 Å². The predicted octanol–water partition coefficient (Wildman–Crippen LogP) is 2.18. The van der Waals surface area contributed by atoms with Gasteiger partial charge >= 0.3 is 0 Å². The topological polar surface area (TPSA) is 46.3 Å². The second-order valence-electron chi connectivity index (χ2n) is 6.20. The molecule has 1 aliphatic rings. The van der Waals surface area contributed by atoms with Gasteiger partial charge in [-0.05, 0) is 30.9 Å². The zero-order valence-electron chi connectivity index (χ0n) is 12.5. The third-order valence-electron chi connectivity index (χ3n) is 3.70. The Morgan fingerprint density at radius 2 is 2.20 bits per heavy atom. The molecule has 0 saturated carbocycles. The number of rotatable bonds is 1. The Labute approximate surface area is 121 Å². The number of nitrogens with zero attached hydrogens (tertiary/aromatic N) is 1. The Morgan fingerprint density at radius 3 is 2.80 bits per heavy atom. The number of hydrogen-bond acceptors (Lipinski definition) is 2. The Morgan fingerprint density at radius 1 is 1.45 bits per heavy atom. The van der Waals surface area contributed by atoms with E-state index in [0.717, 1.165) is 30.6 Å². The SMILES string of the molecule is Cc1ccc(C#CCN)c(C(=O)N2CCC(C)(C)C2)c1. The van der Waals surface area contributed by atoms with Crippen LogP contribution in [0.3, 0.4) is 0 Å². The van der Waals surface area contributed by atoms with E-state index in [1.807, 2.05) is 30.0 Å². The van der Waals surface area contributed by atoms with E-state index in [0.29, 0.717) is 12.1 Å². The van der Waals surface area contributed by atoms with Crippen molar-refractivity contribution in [3.05, 3.63) is 34.9 Å². The first-order valence-electron chi connectivity index (χ1n) is 7.02. The van der Waals surface area contributed by atoms with E-state index in [1.54, 1.807) is 0 Å². The molecular formula is C17H22N2O. The van der Waals surface area contributed by atoms with Crippen LogP contribution in [0.4, 0.5) is 0 Å². The van der Waals surface area contributed by atoms with Gasteiger partial charge in [0.1, 0.15) is 0 Å². The van der Waals surface area contributed by atoms with Crippen LogP contribution in [0.25, 0.3) is 0 Å². The Hall–Kier alpha value is -1.79. The fourth-order valence-electron chi connectivity index (χ4n) is 2.55. The van der Waals surface area contributed by atoms with Gasteiger partial charge in [0, 0.05) is 18.7 Å². The zero-order valence-corrected chi connectivity index (χ0v) is 12.5. The van der Waals surface area contributed by atoms with Crippen LogP contribution in [0, 0.1) is 24.2 Å². The molecule has 0 radical (unpaired) electrons. The fourth-order valence-corrected chi connectivity index (χ4v) is 2.55. The second-order valence-corrected chi connectivity index (χ2v) is 6.20. The standard InChI is InChI=1S/C17H22N2O/c1-13-6-7-14(5-4-9-18)15(11-13)16(20)19-10-8-17(2,3)12-19/h6-7,11H,8-10,12,18H2,1-3H3. The van der Waals surface area contributed by atoms with Crippen molar-refractivity contribution in [1.29, 1.82) is 0 Å². The molecule has 0 atom stereocenters. The molecule has 1 aliphatic heterocycles. The van der Waals surface area contributed by atoms with Crippen LogP contribution in [0.2, 0.25) is 0 Å². The highest BCUT2D eigenvalue weighted by atomic mass is 16.2. The fraction of sp³-hybridized carbons (Fsp3) is 0.471. The number of benzene rings is 1. The molecule has 1 fully saturated rings. The number of carbonyl (C=O) groups excluding carboxylic acids is 1. The summed E-state index contributed by atoms with van der Waals surface area (Å²) < 4.78 is 0. The number of likely N-dealkylation sites (tertiary alicyclic amines) is 1. The van der Waals surface area contributed by atoms with Gasteiger partial charge in [0.25, 0.3) is 5.91 Å². The Bertz CT molecular complexity index is 578. The van der Waals surface area contributed by atoms with Crippen molar-refractivity contribution < 1.29 is 4.79 Å². The summed E-state index contributed by atoms with van der Waals surface area (Å²) in [5.41, 5.74) is 8.18. The summed E-state index contributed by atoms with van der Waals surface area (Å²) in [6, 6.07) is 5.81. The van der Waals surface area contributed by atoms with Crippen LogP contribution in [-0.2, 0) is 0 Å². The van der Waals surface area contributed by atoms with Crippen LogP contribution < -0.4 is 5.73 Å². The lowest BCUT2D eigenvalue weighted by Crippen LogP contribution is -2.30. The first kappa shape index (κ1) is 14.6. The smallest absolute Gasteiger partial charge is 0.255 e. The highest BCUT2D eigenvalue weighted by Gasteiger charge is 2.32. The molecule has 1 aromatic carbocycles. The van der Waals surface area contributed by atoms with Crippen molar-refractivity contribution in [1.82, 2.24) is 4.90 Å². The second kappa shape index (κ2) is 5.68. The van der Waals surface area contributed by atoms with Gasteiger partial charge in [-0.25, -0.2) is 0 Å². The molecule has 2 N–H and O–H groups in total. The van der Waals surface area contributed by atoms with Gasteiger partial charge in [0.05, 0.1) is 12.1 Å². The van der Waals surface area contributed by atoms with E-state index in [9.17, 15) is 4.79 Å². The molecule has 1 heterocycles. The van der Waals surface area contributed by atoms with Crippen molar-refractivity contribution in [2.45, 2.75) is 27.2 Å². The van der Waals surface area contributed by atoms with Gasteiger partial charge < -0.3 is 10.6 Å². The largest absolute Gasteiger partial charge is 0.338 e. The van der Waals surface area contributed by atoms with Crippen LogP contribution >= 0.6 is 0 Å². The normalized spacial score (nSPS) is 16.7. The quantitative estimate of drug-likeness (QED) is 0.795. The molecule has 0 unspecified atom stereocenters. The highest BCUT2D eigenvalue weighted by molar-refractivity contribution is 5.97. The van der Waals surface area contributed by atoms with Gasteiger partial charge in [-0.3, -0.25) is 4.79 Å². The maximum atomic E-state index is 12.7. The molecule has 2 rings (SSSR count). The number of amides is 1. The van der Waals surface area contributed by atoms with Gasteiger partial charge in [-0.15, -0.1) is 0 Å². The van der Waals surface area contributed by atoms with Gasteiger partial charge in [0.15, 0.2) is 0 Å². The zero-order chi connectivity index (χ0) is 14.8. The maximum Gasteiger partial charge on any atom is 0.255 e. The Kier molecular flexibility index (Phi) is 4.15. The minimum atomic E-state index is 0.0839. The summed E-state index contributed by atoms with van der Waals surface area (Å²) in [6.07, 6.45) is 1.05. The lowest BCUT2D eigenvalue weighted by atomic mass is 9.93. The maximum absolute atomic E-state index is 12.7. The van der Waals surface area contributed by atoms with Crippen LogP contribution in [0.1, 0.15) is 41.8 Å². The molecule has 1 amide bonds. The van der Waals surface area contributed by atoms with E-state index in [2.05, 4.69) is 25.7 Å². The molecule has 106 valence electrons. The highest BCUT2D eigenvalue weighted by Crippen LogP contribution is 2.30. The van der Waals surface area contributed by atoms with Gasteiger partial charge in [-0.1, -0.05) is 37.3 Å². The summed E-state index contributed by atoms with van der Waals surface area (Å²) in [7, 11) is 0. The van der Waals surface area contributed by atoms with Crippen LogP contribution in [0.15, 0.2) is 18.2 Å². The first-order chi connectivity index (χ1) is 9.43. The van der Waals surface area contributed by atoms with Gasteiger partial charge in [0.2, 0.25) is 0 Å². The average molecular weight is 270 g/mol. The molecule has 1 saturated heterocycles. The number of aryl methyl sites for hydroxylation is 1. The molecule has 1 aromatic rings. The van der Waals surface area contributed by atoms with Crippen molar-refractivity contribution in [3.8, 4) is 11.8 Å². The average Bonchev–Trinajstić information content (AvgIpc) is 2.77. The van der Waals surface area contributed by atoms with Crippen LogP contribution in [-0.4, -0.2) is 30.4 Å². The van der Waals surface area contributed by atoms with E-state index in [1.165, 1.54) is 0 Å². The van der Waals surface area contributed by atoms with Crippen molar-refractivity contribution >= 4 is 5.91 Å². The molecule has 20 heavy (non-hydrogen) atoms. The minimum Gasteiger partial charge on any atom is -0.338 e. The molecule has 0 aliphatic carbocycles. The van der Waals surface area contributed by atoms with Crippen molar-refractivity contribution in [2.75, 3.05) is 19.6 Å². The summed E-state index contributed by atoms with van der Waals surface area (Å²) in [5.74, 6) is 5.92. The summed E-state index contributed by atoms with van der Waals surface area (Å²) in [4.78, 5) is 14.6. The molecule has 0 aromatic heterocycles. The number of carbonyl (C=O) groups is 1. The van der Waals surface area contributed by atoms with E-state index in [-0.39, 0.29) is 11.3 Å². The molecule has 0 spiro atoms.